The highest BCUT2D eigenvalue weighted by Gasteiger charge is 2.31. The maximum absolute atomic E-state index is 13.1. The standard InChI is InChI=1S/C23H28FN3O2/c1-25-16-18-15-17(3-10-22(18)29-21-8-4-19(24)5-9-21)23(28)27-12-2-11-26(13-14-27)20-6-7-20/h3-5,8-10,15,20,25H,2,6-7,11-14,16H2,1H3. The fourth-order valence-corrected chi connectivity index (χ4v) is 3.90. The second-order valence-electron chi connectivity index (χ2n) is 7.82. The van der Waals surface area contributed by atoms with Crippen LogP contribution in [0.2, 0.25) is 0 Å². The van der Waals surface area contributed by atoms with Crippen LogP contribution in [0.5, 0.6) is 11.5 Å². The van der Waals surface area contributed by atoms with E-state index in [-0.39, 0.29) is 11.7 Å². The number of hydrogen-bond donors (Lipinski definition) is 1. The van der Waals surface area contributed by atoms with E-state index in [1.165, 1.54) is 25.0 Å². The Kier molecular flexibility index (Phi) is 6.11. The van der Waals surface area contributed by atoms with Crippen molar-refractivity contribution < 1.29 is 13.9 Å². The van der Waals surface area contributed by atoms with Crippen molar-refractivity contribution in [2.24, 2.45) is 0 Å². The van der Waals surface area contributed by atoms with Gasteiger partial charge >= 0.3 is 0 Å². The molecule has 1 aliphatic carbocycles. The Bertz CT molecular complexity index is 852. The molecular formula is C23H28FN3O2. The molecule has 0 bridgehead atoms. The van der Waals surface area contributed by atoms with E-state index < -0.39 is 0 Å². The van der Waals surface area contributed by atoms with Crippen molar-refractivity contribution in [3.8, 4) is 11.5 Å². The maximum Gasteiger partial charge on any atom is 0.253 e. The summed E-state index contributed by atoms with van der Waals surface area (Å²) in [6, 6.07) is 12.2. The fraction of sp³-hybridized carbons (Fsp3) is 0.435. The van der Waals surface area contributed by atoms with Gasteiger partial charge in [0, 0.05) is 49.9 Å². The minimum atomic E-state index is -0.300. The lowest BCUT2D eigenvalue weighted by atomic mass is 10.1. The Morgan fingerprint density at radius 3 is 2.62 bits per heavy atom. The topological polar surface area (TPSA) is 44.8 Å². The SMILES string of the molecule is CNCc1cc(C(=O)N2CCCN(C3CC3)CC2)ccc1Oc1ccc(F)cc1. The lowest BCUT2D eigenvalue weighted by Crippen LogP contribution is -2.35. The first kappa shape index (κ1) is 19.9. The molecule has 0 radical (unpaired) electrons. The molecule has 2 aliphatic rings. The molecule has 5 nitrogen and oxygen atoms in total. The molecule has 2 fully saturated rings. The Morgan fingerprint density at radius 1 is 1.10 bits per heavy atom. The highest BCUT2D eigenvalue weighted by Crippen LogP contribution is 2.29. The van der Waals surface area contributed by atoms with Crippen LogP contribution in [0.25, 0.3) is 0 Å². The highest BCUT2D eigenvalue weighted by atomic mass is 19.1. The number of benzene rings is 2. The minimum absolute atomic E-state index is 0.0772. The Balaban J connectivity index is 1.48. The molecule has 0 spiro atoms. The Morgan fingerprint density at radius 2 is 1.90 bits per heavy atom. The molecule has 6 heteroatoms. The van der Waals surface area contributed by atoms with Crippen molar-refractivity contribution >= 4 is 5.91 Å². The smallest absolute Gasteiger partial charge is 0.253 e. The summed E-state index contributed by atoms with van der Waals surface area (Å²) in [5, 5.41) is 3.13. The summed E-state index contributed by atoms with van der Waals surface area (Å²) in [7, 11) is 1.86. The van der Waals surface area contributed by atoms with Gasteiger partial charge in [-0.25, -0.2) is 4.39 Å². The lowest BCUT2D eigenvalue weighted by molar-refractivity contribution is 0.0761. The van der Waals surface area contributed by atoms with E-state index in [2.05, 4.69) is 10.2 Å². The van der Waals surface area contributed by atoms with Crippen LogP contribution in [0.3, 0.4) is 0 Å². The van der Waals surface area contributed by atoms with E-state index in [0.717, 1.165) is 44.2 Å². The van der Waals surface area contributed by atoms with Crippen LogP contribution in [0.1, 0.15) is 35.2 Å². The van der Waals surface area contributed by atoms with Crippen LogP contribution in [0.15, 0.2) is 42.5 Å². The first-order valence-corrected chi connectivity index (χ1v) is 10.4. The third-order valence-corrected chi connectivity index (χ3v) is 5.60. The average molecular weight is 397 g/mol. The van der Waals surface area contributed by atoms with Gasteiger partial charge in [-0.2, -0.15) is 0 Å². The molecular weight excluding hydrogens is 369 g/mol. The third kappa shape index (κ3) is 4.95. The zero-order valence-corrected chi connectivity index (χ0v) is 16.9. The molecule has 2 aromatic rings. The molecule has 1 heterocycles. The summed E-state index contributed by atoms with van der Waals surface area (Å²) in [5.41, 5.74) is 1.58. The molecule has 0 aromatic heterocycles. The molecule has 29 heavy (non-hydrogen) atoms. The van der Waals surface area contributed by atoms with Crippen LogP contribution in [0, 0.1) is 5.82 Å². The fourth-order valence-electron chi connectivity index (χ4n) is 3.90. The van der Waals surface area contributed by atoms with Crippen molar-refractivity contribution in [1.82, 2.24) is 15.1 Å². The average Bonchev–Trinajstić information content (AvgIpc) is 3.57. The van der Waals surface area contributed by atoms with E-state index in [1.54, 1.807) is 12.1 Å². The van der Waals surface area contributed by atoms with E-state index in [1.807, 2.05) is 30.1 Å². The summed E-state index contributed by atoms with van der Waals surface area (Å²) in [6.07, 6.45) is 3.63. The van der Waals surface area contributed by atoms with Gasteiger partial charge in [0.2, 0.25) is 0 Å². The second kappa shape index (κ2) is 8.93. The molecule has 154 valence electrons. The zero-order valence-electron chi connectivity index (χ0n) is 16.9. The van der Waals surface area contributed by atoms with Crippen LogP contribution in [-0.2, 0) is 6.54 Å². The van der Waals surface area contributed by atoms with Crippen molar-refractivity contribution in [2.45, 2.75) is 31.8 Å². The third-order valence-electron chi connectivity index (χ3n) is 5.60. The van der Waals surface area contributed by atoms with Gasteiger partial charge in [0.15, 0.2) is 0 Å². The Hall–Kier alpha value is -2.44. The van der Waals surface area contributed by atoms with E-state index >= 15 is 0 Å². The molecule has 1 aliphatic heterocycles. The molecule has 1 N–H and O–H groups in total. The quantitative estimate of drug-likeness (QED) is 0.808. The predicted molar refractivity (Wildman–Crippen MR) is 111 cm³/mol. The molecule has 2 aromatic carbocycles. The summed E-state index contributed by atoms with van der Waals surface area (Å²) < 4.78 is 19.1. The van der Waals surface area contributed by atoms with Crippen molar-refractivity contribution in [3.05, 3.63) is 59.4 Å². The van der Waals surface area contributed by atoms with E-state index in [4.69, 9.17) is 4.74 Å². The Labute approximate surface area is 171 Å². The van der Waals surface area contributed by atoms with Crippen LogP contribution >= 0.6 is 0 Å². The summed E-state index contributed by atoms with van der Waals surface area (Å²) in [4.78, 5) is 17.6. The number of carbonyl (C=O) groups excluding carboxylic acids is 1. The number of nitrogens with zero attached hydrogens (tertiary/aromatic N) is 2. The molecule has 1 saturated heterocycles. The van der Waals surface area contributed by atoms with Crippen LogP contribution in [-0.4, -0.2) is 55.0 Å². The summed E-state index contributed by atoms with van der Waals surface area (Å²) >= 11 is 0. The monoisotopic (exact) mass is 397 g/mol. The molecule has 4 rings (SSSR count). The van der Waals surface area contributed by atoms with Crippen molar-refractivity contribution in [3.63, 3.8) is 0 Å². The number of hydrogen-bond acceptors (Lipinski definition) is 4. The number of nitrogens with one attached hydrogen (secondary N) is 1. The number of rotatable bonds is 6. The van der Waals surface area contributed by atoms with Crippen molar-refractivity contribution in [2.75, 3.05) is 33.2 Å². The van der Waals surface area contributed by atoms with Gasteiger partial charge in [-0.3, -0.25) is 9.69 Å². The van der Waals surface area contributed by atoms with Gasteiger partial charge in [-0.05, 0) is 68.8 Å². The van der Waals surface area contributed by atoms with Gasteiger partial charge in [0.25, 0.3) is 5.91 Å². The van der Waals surface area contributed by atoms with E-state index in [9.17, 15) is 9.18 Å². The first-order chi connectivity index (χ1) is 14.1. The van der Waals surface area contributed by atoms with Gasteiger partial charge in [0.1, 0.15) is 17.3 Å². The molecule has 1 amide bonds. The van der Waals surface area contributed by atoms with Gasteiger partial charge < -0.3 is 15.0 Å². The number of carbonyl (C=O) groups is 1. The minimum Gasteiger partial charge on any atom is -0.457 e. The van der Waals surface area contributed by atoms with Gasteiger partial charge in [-0.15, -0.1) is 0 Å². The maximum atomic E-state index is 13.1. The van der Waals surface area contributed by atoms with Crippen molar-refractivity contribution in [1.29, 1.82) is 0 Å². The highest BCUT2D eigenvalue weighted by molar-refractivity contribution is 5.94. The lowest BCUT2D eigenvalue weighted by Gasteiger charge is -2.22. The van der Waals surface area contributed by atoms with E-state index in [0.29, 0.717) is 23.6 Å². The first-order valence-electron chi connectivity index (χ1n) is 10.4. The second-order valence-corrected chi connectivity index (χ2v) is 7.82. The van der Waals surface area contributed by atoms with Crippen LogP contribution < -0.4 is 10.1 Å². The van der Waals surface area contributed by atoms with Crippen LogP contribution in [0.4, 0.5) is 4.39 Å². The normalized spacial score (nSPS) is 17.8. The number of amides is 1. The zero-order chi connectivity index (χ0) is 20.2. The summed E-state index contributed by atoms with van der Waals surface area (Å²) in [5.74, 6) is 1.01. The number of ether oxygens (including phenoxy) is 1. The molecule has 1 saturated carbocycles. The summed E-state index contributed by atoms with van der Waals surface area (Å²) in [6.45, 7) is 4.21. The number of halogens is 1. The van der Waals surface area contributed by atoms with Gasteiger partial charge in [-0.1, -0.05) is 0 Å². The largest absolute Gasteiger partial charge is 0.457 e. The molecule has 0 unspecified atom stereocenters. The molecule has 0 atom stereocenters. The predicted octanol–water partition coefficient (Wildman–Crippen LogP) is 3.65. The van der Waals surface area contributed by atoms with Gasteiger partial charge in [0.05, 0.1) is 0 Å².